The number of aromatic carboxylic acids is 1. The molecule has 0 bridgehead atoms. The molecule has 2 aromatic heterocycles. The van der Waals surface area contributed by atoms with Gasteiger partial charge in [0.2, 0.25) is 10.0 Å². The minimum atomic E-state index is -4.03. The largest absolute Gasteiger partial charge is 0.476 e. The zero-order chi connectivity index (χ0) is 15.8. The molecule has 114 valence electrons. The Balaban J connectivity index is 2.37. The van der Waals surface area contributed by atoms with Crippen molar-refractivity contribution in [2.24, 2.45) is 0 Å². The van der Waals surface area contributed by atoms with Crippen LogP contribution in [0, 0.1) is 13.8 Å². The molecule has 10 nitrogen and oxygen atoms in total. The SMILES string of the molecule is Cc1nc(CN(C)S(=O)(=O)c2c(C(=O)O)n[nH]c2C)n[nH]1. The van der Waals surface area contributed by atoms with E-state index in [0.717, 1.165) is 4.31 Å². The second-order valence-corrected chi connectivity index (χ2v) is 6.41. The lowest BCUT2D eigenvalue weighted by Crippen LogP contribution is -2.28. The summed E-state index contributed by atoms with van der Waals surface area (Å²) in [6.45, 7) is 3.04. The van der Waals surface area contributed by atoms with Gasteiger partial charge in [-0.2, -0.15) is 14.5 Å². The Kier molecular flexibility index (Phi) is 3.78. The summed E-state index contributed by atoms with van der Waals surface area (Å²) < 4.78 is 25.9. The van der Waals surface area contributed by atoms with Crippen molar-refractivity contribution in [3.05, 3.63) is 23.0 Å². The van der Waals surface area contributed by atoms with Crippen LogP contribution in [-0.4, -0.2) is 56.2 Å². The predicted molar refractivity (Wildman–Crippen MR) is 70.1 cm³/mol. The van der Waals surface area contributed by atoms with Crippen LogP contribution in [0.25, 0.3) is 0 Å². The third-order valence-corrected chi connectivity index (χ3v) is 4.73. The molecule has 0 radical (unpaired) electrons. The van der Waals surface area contributed by atoms with Gasteiger partial charge in [-0.25, -0.2) is 18.2 Å². The van der Waals surface area contributed by atoms with Gasteiger partial charge in [0.1, 0.15) is 10.7 Å². The zero-order valence-electron chi connectivity index (χ0n) is 11.6. The molecule has 11 heteroatoms. The van der Waals surface area contributed by atoms with E-state index in [2.05, 4.69) is 25.4 Å². The number of aryl methyl sites for hydroxylation is 2. The van der Waals surface area contributed by atoms with Crippen LogP contribution in [0.1, 0.15) is 27.8 Å². The molecule has 0 aliphatic carbocycles. The molecule has 0 amide bonds. The van der Waals surface area contributed by atoms with Gasteiger partial charge in [0.25, 0.3) is 0 Å². The molecule has 0 spiro atoms. The zero-order valence-corrected chi connectivity index (χ0v) is 12.4. The van der Waals surface area contributed by atoms with Crippen molar-refractivity contribution in [1.29, 1.82) is 0 Å². The Morgan fingerprint density at radius 2 is 1.95 bits per heavy atom. The summed E-state index contributed by atoms with van der Waals surface area (Å²) in [5.74, 6) is -0.571. The maximum absolute atomic E-state index is 12.5. The molecule has 2 aromatic rings. The van der Waals surface area contributed by atoms with E-state index in [4.69, 9.17) is 5.11 Å². The number of nitrogens with zero attached hydrogens (tertiary/aromatic N) is 4. The van der Waals surface area contributed by atoms with Crippen molar-refractivity contribution in [1.82, 2.24) is 29.7 Å². The number of carboxylic acid groups (broad SMARTS) is 1. The molecule has 0 fully saturated rings. The van der Waals surface area contributed by atoms with E-state index in [1.165, 1.54) is 14.0 Å². The summed E-state index contributed by atoms with van der Waals surface area (Å²) in [5, 5.41) is 21.4. The highest BCUT2D eigenvalue weighted by atomic mass is 32.2. The smallest absolute Gasteiger partial charge is 0.357 e. The maximum atomic E-state index is 12.5. The monoisotopic (exact) mass is 314 g/mol. The van der Waals surface area contributed by atoms with E-state index in [9.17, 15) is 13.2 Å². The molecule has 2 heterocycles. The first-order valence-corrected chi connectivity index (χ1v) is 7.30. The van der Waals surface area contributed by atoms with Gasteiger partial charge in [0, 0.05) is 7.05 Å². The normalized spacial score (nSPS) is 12.0. The van der Waals surface area contributed by atoms with E-state index in [0.29, 0.717) is 5.82 Å². The van der Waals surface area contributed by atoms with E-state index in [1.807, 2.05) is 0 Å². The van der Waals surface area contributed by atoms with Gasteiger partial charge in [-0.15, -0.1) is 0 Å². The van der Waals surface area contributed by atoms with Crippen molar-refractivity contribution in [3.8, 4) is 0 Å². The summed E-state index contributed by atoms with van der Waals surface area (Å²) in [7, 11) is -2.71. The van der Waals surface area contributed by atoms with Crippen LogP contribution >= 0.6 is 0 Å². The minimum absolute atomic E-state index is 0.0870. The number of hydrogen-bond donors (Lipinski definition) is 3. The van der Waals surface area contributed by atoms with Gasteiger partial charge in [-0.3, -0.25) is 10.2 Å². The molecule has 21 heavy (non-hydrogen) atoms. The van der Waals surface area contributed by atoms with Gasteiger partial charge in [-0.1, -0.05) is 0 Å². The fourth-order valence-electron chi connectivity index (χ4n) is 1.78. The second-order valence-electron chi connectivity index (χ2n) is 4.43. The number of carboxylic acids is 1. The molecule has 2 rings (SSSR count). The fourth-order valence-corrected chi connectivity index (χ4v) is 3.19. The van der Waals surface area contributed by atoms with Crippen LogP contribution in [0.3, 0.4) is 0 Å². The summed E-state index contributed by atoms with van der Waals surface area (Å²) in [5.41, 5.74) is -0.379. The Morgan fingerprint density at radius 3 is 2.48 bits per heavy atom. The number of sulfonamides is 1. The highest BCUT2D eigenvalue weighted by Crippen LogP contribution is 2.22. The van der Waals surface area contributed by atoms with Crippen LogP contribution in [0.2, 0.25) is 0 Å². The first kappa shape index (κ1) is 15.1. The summed E-state index contributed by atoms with van der Waals surface area (Å²) in [4.78, 5) is 14.7. The van der Waals surface area contributed by atoms with Crippen molar-refractivity contribution >= 4 is 16.0 Å². The van der Waals surface area contributed by atoms with E-state index < -0.39 is 21.7 Å². The van der Waals surface area contributed by atoms with Crippen molar-refractivity contribution in [2.45, 2.75) is 25.3 Å². The second kappa shape index (κ2) is 5.26. The van der Waals surface area contributed by atoms with Gasteiger partial charge in [0.05, 0.1) is 12.2 Å². The van der Waals surface area contributed by atoms with E-state index >= 15 is 0 Å². The molecule has 0 aliphatic heterocycles. The maximum Gasteiger partial charge on any atom is 0.357 e. The molecule has 0 unspecified atom stereocenters. The molecule has 3 N–H and O–H groups in total. The van der Waals surface area contributed by atoms with E-state index in [-0.39, 0.29) is 23.0 Å². The quantitative estimate of drug-likeness (QED) is 0.684. The van der Waals surface area contributed by atoms with Crippen molar-refractivity contribution < 1.29 is 18.3 Å². The van der Waals surface area contributed by atoms with Gasteiger partial charge in [0.15, 0.2) is 11.5 Å². The van der Waals surface area contributed by atoms with Crippen molar-refractivity contribution in [2.75, 3.05) is 7.05 Å². The van der Waals surface area contributed by atoms with Gasteiger partial charge >= 0.3 is 5.97 Å². The topological polar surface area (TPSA) is 145 Å². The van der Waals surface area contributed by atoms with E-state index in [1.54, 1.807) is 6.92 Å². The molecule has 0 atom stereocenters. The van der Waals surface area contributed by atoms with Gasteiger partial charge in [-0.05, 0) is 13.8 Å². The number of hydrogen-bond acceptors (Lipinski definition) is 6. The lowest BCUT2D eigenvalue weighted by molar-refractivity contribution is 0.0686. The number of aromatic amines is 2. The molecular formula is C10H14N6O4S. The lowest BCUT2D eigenvalue weighted by Gasteiger charge is -2.15. The Bertz CT molecular complexity index is 777. The third-order valence-electron chi connectivity index (χ3n) is 2.77. The van der Waals surface area contributed by atoms with Gasteiger partial charge < -0.3 is 5.11 Å². The molecule has 0 aliphatic rings. The first-order chi connectivity index (χ1) is 9.73. The lowest BCUT2D eigenvalue weighted by atomic mass is 10.4. The van der Waals surface area contributed by atoms with Crippen LogP contribution < -0.4 is 0 Å². The summed E-state index contributed by atoms with van der Waals surface area (Å²) >= 11 is 0. The number of rotatable bonds is 5. The number of H-pyrrole nitrogens is 2. The van der Waals surface area contributed by atoms with Crippen LogP contribution in [0.5, 0.6) is 0 Å². The predicted octanol–water partition coefficient (Wildman–Crippen LogP) is -0.336. The average Bonchev–Trinajstić information content (AvgIpc) is 2.95. The Morgan fingerprint density at radius 1 is 1.29 bits per heavy atom. The molecule has 0 saturated carbocycles. The fraction of sp³-hybridized carbons (Fsp3) is 0.400. The summed E-state index contributed by atoms with van der Waals surface area (Å²) in [6, 6.07) is 0. The minimum Gasteiger partial charge on any atom is -0.476 e. The van der Waals surface area contributed by atoms with Crippen LogP contribution in [0.4, 0.5) is 0 Å². The van der Waals surface area contributed by atoms with Crippen molar-refractivity contribution in [3.63, 3.8) is 0 Å². The average molecular weight is 314 g/mol. The molecule has 0 saturated heterocycles. The molecule has 0 aromatic carbocycles. The standard InChI is InChI=1S/C10H14N6O4S/c1-5-9(8(10(17)18)15-12-5)21(19,20)16(3)4-7-11-6(2)13-14-7/h4H2,1-3H3,(H,12,15)(H,17,18)(H,11,13,14). The Hall–Kier alpha value is -2.27. The first-order valence-electron chi connectivity index (χ1n) is 5.86. The number of nitrogens with one attached hydrogen (secondary N) is 2. The molecular weight excluding hydrogens is 300 g/mol. The highest BCUT2D eigenvalue weighted by Gasteiger charge is 2.32. The summed E-state index contributed by atoms with van der Waals surface area (Å²) in [6.07, 6.45) is 0. The van der Waals surface area contributed by atoms with Crippen LogP contribution in [-0.2, 0) is 16.6 Å². The third kappa shape index (κ3) is 2.78. The van der Waals surface area contributed by atoms with Crippen LogP contribution in [0.15, 0.2) is 4.90 Å². The highest BCUT2D eigenvalue weighted by molar-refractivity contribution is 7.89. The number of aromatic nitrogens is 5. The Labute approximate surface area is 120 Å². The number of carbonyl (C=O) groups is 1.